The largest absolute Gasteiger partial charge is 0.480 e. The zero-order valence-electron chi connectivity index (χ0n) is 20.1. The molecule has 0 spiro atoms. The van der Waals surface area contributed by atoms with Crippen LogP contribution in [0.5, 0.6) is 5.75 Å². The fourth-order valence-electron chi connectivity index (χ4n) is 3.41. The third-order valence-electron chi connectivity index (χ3n) is 5.23. The highest BCUT2D eigenvalue weighted by Crippen LogP contribution is 2.37. The second-order valence-electron chi connectivity index (χ2n) is 8.77. The molecular weight excluding hydrogens is 515 g/mol. The maximum atomic E-state index is 15.1. The number of ether oxygens (including phenoxy) is 1. The standard InChI is InChI=1S/C22H22F7N5O3/c1-9-16(17(33-32-9)22(27,28)29)31-18(35)12-6-13(23)11(7-15(12)37-10(2)21(24,25)26)14-8-34(5)19(30-14)20(3,4)36/h6-8,10,36H,1-5H3,(H,31,35)(H,32,33). The van der Waals surface area contributed by atoms with E-state index in [1.165, 1.54) is 38.6 Å². The fourth-order valence-corrected chi connectivity index (χ4v) is 3.41. The number of aromatic amines is 1. The van der Waals surface area contributed by atoms with Gasteiger partial charge in [-0.25, -0.2) is 9.37 Å². The highest BCUT2D eigenvalue weighted by molar-refractivity contribution is 6.07. The molecule has 0 fully saturated rings. The van der Waals surface area contributed by atoms with Crippen LogP contribution >= 0.6 is 0 Å². The Labute approximate surface area is 205 Å². The van der Waals surface area contributed by atoms with Gasteiger partial charge in [0.05, 0.1) is 22.6 Å². The first kappa shape index (κ1) is 28.0. The Hall–Kier alpha value is -3.62. The first-order chi connectivity index (χ1) is 16.8. The van der Waals surface area contributed by atoms with Gasteiger partial charge in [0.1, 0.15) is 23.0 Å². The summed E-state index contributed by atoms with van der Waals surface area (Å²) in [5, 5.41) is 17.3. The SMILES string of the molecule is Cc1[nH]nc(C(F)(F)F)c1NC(=O)c1cc(F)c(-c2cn(C)c(C(C)(C)O)n2)cc1OC(C)C(F)(F)F. The van der Waals surface area contributed by atoms with E-state index in [-0.39, 0.29) is 22.8 Å². The number of carbonyl (C=O) groups excluding carboxylic acids is 1. The number of aliphatic hydroxyl groups is 1. The van der Waals surface area contributed by atoms with Gasteiger partial charge in [-0.05, 0) is 39.8 Å². The summed E-state index contributed by atoms with van der Waals surface area (Å²) >= 11 is 0. The normalized spacial score (nSPS) is 13.5. The minimum Gasteiger partial charge on any atom is -0.480 e. The van der Waals surface area contributed by atoms with E-state index < -0.39 is 58.5 Å². The molecule has 3 rings (SSSR count). The molecule has 0 aliphatic heterocycles. The molecule has 0 aliphatic rings. The number of halogens is 7. The molecule has 202 valence electrons. The number of alkyl halides is 6. The molecule has 15 heteroatoms. The molecule has 0 aliphatic carbocycles. The van der Waals surface area contributed by atoms with Crippen molar-refractivity contribution in [3.63, 3.8) is 0 Å². The van der Waals surface area contributed by atoms with E-state index in [2.05, 4.69) is 15.2 Å². The van der Waals surface area contributed by atoms with Gasteiger partial charge in [-0.3, -0.25) is 9.89 Å². The van der Waals surface area contributed by atoms with Gasteiger partial charge in [-0.1, -0.05) is 0 Å². The van der Waals surface area contributed by atoms with E-state index >= 15 is 4.39 Å². The number of rotatable bonds is 6. The van der Waals surface area contributed by atoms with Crippen LogP contribution in [0.4, 0.5) is 36.4 Å². The molecule has 0 saturated carbocycles. The Kier molecular flexibility index (Phi) is 7.07. The summed E-state index contributed by atoms with van der Waals surface area (Å²) in [6.07, 6.45) is -11.0. The van der Waals surface area contributed by atoms with Gasteiger partial charge in [-0.2, -0.15) is 31.4 Å². The number of hydrogen-bond donors (Lipinski definition) is 3. The Morgan fingerprint density at radius 3 is 2.32 bits per heavy atom. The fraction of sp³-hybridized carbons (Fsp3) is 0.409. The molecule has 37 heavy (non-hydrogen) atoms. The summed E-state index contributed by atoms with van der Waals surface area (Å²) in [7, 11) is 1.50. The van der Waals surface area contributed by atoms with Crippen LogP contribution in [-0.4, -0.2) is 43.0 Å². The van der Waals surface area contributed by atoms with E-state index in [4.69, 9.17) is 4.74 Å². The van der Waals surface area contributed by atoms with Gasteiger partial charge in [0.2, 0.25) is 0 Å². The van der Waals surface area contributed by atoms with Crippen molar-refractivity contribution in [1.29, 1.82) is 0 Å². The maximum Gasteiger partial charge on any atom is 0.437 e. The number of H-pyrrole nitrogens is 1. The summed E-state index contributed by atoms with van der Waals surface area (Å²) in [6.45, 7) is 4.64. The lowest BCUT2D eigenvalue weighted by atomic mass is 10.1. The number of aromatic nitrogens is 4. The maximum absolute atomic E-state index is 15.1. The molecule has 8 nitrogen and oxygen atoms in total. The third-order valence-corrected chi connectivity index (χ3v) is 5.23. The van der Waals surface area contributed by atoms with Gasteiger partial charge in [0, 0.05) is 18.8 Å². The monoisotopic (exact) mass is 537 g/mol. The number of imidazole rings is 1. The van der Waals surface area contributed by atoms with E-state index in [1.807, 2.05) is 5.32 Å². The summed E-state index contributed by atoms with van der Waals surface area (Å²) in [5.41, 5.74) is -5.18. The summed E-state index contributed by atoms with van der Waals surface area (Å²) in [6, 6.07) is 1.32. The average Bonchev–Trinajstić information content (AvgIpc) is 3.30. The molecule has 3 aromatic rings. The molecule has 2 heterocycles. The lowest BCUT2D eigenvalue weighted by Gasteiger charge is -2.20. The molecule has 0 saturated heterocycles. The Balaban J connectivity index is 2.13. The minimum absolute atomic E-state index is 0.0985. The van der Waals surface area contributed by atoms with E-state index in [9.17, 15) is 36.2 Å². The zero-order valence-corrected chi connectivity index (χ0v) is 20.1. The van der Waals surface area contributed by atoms with Gasteiger partial charge in [0.15, 0.2) is 11.8 Å². The van der Waals surface area contributed by atoms with Crippen LogP contribution in [0.3, 0.4) is 0 Å². The van der Waals surface area contributed by atoms with Crippen LogP contribution < -0.4 is 10.1 Å². The Morgan fingerprint density at radius 1 is 1.19 bits per heavy atom. The van der Waals surface area contributed by atoms with Crippen molar-refractivity contribution in [2.75, 3.05) is 5.32 Å². The second-order valence-corrected chi connectivity index (χ2v) is 8.77. The quantitative estimate of drug-likeness (QED) is 0.380. The van der Waals surface area contributed by atoms with E-state index in [0.717, 1.165) is 6.07 Å². The number of nitrogens with one attached hydrogen (secondary N) is 2. The van der Waals surface area contributed by atoms with Crippen LogP contribution in [0.1, 0.15) is 48.3 Å². The van der Waals surface area contributed by atoms with Crippen molar-refractivity contribution in [2.24, 2.45) is 7.05 Å². The molecule has 2 aromatic heterocycles. The molecule has 3 N–H and O–H groups in total. The van der Waals surface area contributed by atoms with Crippen molar-refractivity contribution < 1.29 is 45.4 Å². The van der Waals surface area contributed by atoms with Crippen molar-refractivity contribution in [1.82, 2.24) is 19.7 Å². The number of nitrogens with zero attached hydrogens (tertiary/aromatic N) is 3. The predicted octanol–water partition coefficient (Wildman–Crippen LogP) is 5.09. The summed E-state index contributed by atoms with van der Waals surface area (Å²) < 4.78 is 101. The lowest BCUT2D eigenvalue weighted by Crippen LogP contribution is -2.32. The Morgan fingerprint density at radius 2 is 1.81 bits per heavy atom. The molecule has 1 amide bonds. The minimum atomic E-state index is -4.97. The topological polar surface area (TPSA) is 105 Å². The Bertz CT molecular complexity index is 1320. The first-order valence-corrected chi connectivity index (χ1v) is 10.6. The van der Waals surface area contributed by atoms with Crippen LogP contribution in [0.2, 0.25) is 0 Å². The van der Waals surface area contributed by atoms with Crippen LogP contribution in [0.15, 0.2) is 18.3 Å². The number of carbonyl (C=O) groups is 1. The smallest absolute Gasteiger partial charge is 0.437 e. The van der Waals surface area contributed by atoms with Gasteiger partial charge in [0.25, 0.3) is 5.91 Å². The molecule has 1 atom stereocenters. The molecule has 0 radical (unpaired) electrons. The van der Waals surface area contributed by atoms with Gasteiger partial charge >= 0.3 is 12.4 Å². The lowest BCUT2D eigenvalue weighted by molar-refractivity contribution is -0.189. The second kappa shape index (κ2) is 9.36. The van der Waals surface area contributed by atoms with Gasteiger partial charge < -0.3 is 19.7 Å². The third kappa shape index (κ3) is 5.87. The number of anilines is 1. The molecule has 1 aromatic carbocycles. The van der Waals surface area contributed by atoms with Crippen molar-refractivity contribution >= 4 is 11.6 Å². The average molecular weight is 537 g/mol. The molecule has 0 bridgehead atoms. The van der Waals surface area contributed by atoms with Crippen molar-refractivity contribution in [2.45, 2.75) is 51.8 Å². The number of hydrogen-bond acceptors (Lipinski definition) is 5. The highest BCUT2D eigenvalue weighted by atomic mass is 19.4. The van der Waals surface area contributed by atoms with Crippen LogP contribution in [0.25, 0.3) is 11.3 Å². The van der Waals surface area contributed by atoms with E-state index in [0.29, 0.717) is 13.0 Å². The first-order valence-electron chi connectivity index (χ1n) is 10.6. The number of amides is 1. The van der Waals surface area contributed by atoms with Crippen molar-refractivity contribution in [3.05, 3.63) is 46.9 Å². The predicted molar refractivity (Wildman–Crippen MR) is 116 cm³/mol. The molecular formula is C22H22F7N5O3. The van der Waals surface area contributed by atoms with Crippen LogP contribution in [-0.2, 0) is 18.8 Å². The highest BCUT2D eigenvalue weighted by Gasteiger charge is 2.40. The van der Waals surface area contributed by atoms with Crippen molar-refractivity contribution in [3.8, 4) is 17.0 Å². The summed E-state index contributed by atoms with van der Waals surface area (Å²) in [4.78, 5) is 17.0. The number of benzene rings is 1. The van der Waals surface area contributed by atoms with E-state index in [1.54, 1.807) is 0 Å². The van der Waals surface area contributed by atoms with Gasteiger partial charge in [-0.15, -0.1) is 0 Å². The molecule has 1 unspecified atom stereocenters. The summed E-state index contributed by atoms with van der Waals surface area (Å²) in [5.74, 6) is -3.16. The zero-order chi connectivity index (χ0) is 28.1. The number of aryl methyl sites for hydroxylation is 2. The van der Waals surface area contributed by atoms with Crippen LogP contribution in [0, 0.1) is 12.7 Å².